The zero-order valence-electron chi connectivity index (χ0n) is 30.5. The van der Waals surface area contributed by atoms with Crippen molar-refractivity contribution in [2.75, 3.05) is 25.4 Å². The number of thioether (sulfide) groups is 1. The summed E-state index contributed by atoms with van der Waals surface area (Å²) in [5.41, 5.74) is -0.953. The van der Waals surface area contributed by atoms with Gasteiger partial charge in [-0.2, -0.15) is 0 Å². The number of amides is 2. The van der Waals surface area contributed by atoms with Gasteiger partial charge in [-0.05, 0) is 50.7 Å². The smallest absolute Gasteiger partial charge is 0.340 e. The zero-order chi connectivity index (χ0) is 37.6. The molecule has 11 heteroatoms. The highest BCUT2D eigenvalue weighted by Gasteiger charge is 2.40. The number of allylic oxidation sites excluding steroid dienone is 11. The van der Waals surface area contributed by atoms with Gasteiger partial charge < -0.3 is 20.1 Å². The maximum absolute atomic E-state index is 13.2. The van der Waals surface area contributed by atoms with Crippen molar-refractivity contribution in [1.29, 1.82) is 0 Å². The molecule has 0 saturated carbocycles. The number of ether oxygens (including phenoxy) is 2. The molecule has 51 heavy (non-hydrogen) atoms. The number of esters is 2. The van der Waals surface area contributed by atoms with Crippen LogP contribution < -0.4 is 10.6 Å². The molecule has 0 saturated heterocycles. The fourth-order valence-electron chi connectivity index (χ4n) is 4.19. The van der Waals surface area contributed by atoms with Crippen molar-refractivity contribution in [3.63, 3.8) is 0 Å². The Bertz CT molecular complexity index is 1380. The number of pyridine rings is 1. The molecule has 0 aromatic carbocycles. The van der Waals surface area contributed by atoms with Crippen molar-refractivity contribution in [2.24, 2.45) is 5.41 Å². The highest BCUT2D eigenvalue weighted by atomic mass is 32.2. The number of nitrogens with one attached hydrogen (secondary N) is 2. The maximum Gasteiger partial charge on any atom is 0.340 e. The molecule has 0 aliphatic rings. The highest BCUT2D eigenvalue weighted by molar-refractivity contribution is 8.13. The van der Waals surface area contributed by atoms with Crippen LogP contribution in [-0.2, 0) is 28.7 Å². The van der Waals surface area contributed by atoms with E-state index in [0.29, 0.717) is 18.7 Å². The molecular weight excluding hydrogens is 667 g/mol. The topological polar surface area (TPSA) is 141 Å². The highest BCUT2D eigenvalue weighted by Crippen LogP contribution is 2.26. The standard InChI is InChI=1S/C40H55N3O7S/c1-5-6-7-8-9-10-11-12-13-14-15-16-17-18-19-20-21-22-25-36(46)49-32-40(3,4)37(50-39(48)34-24-23-27-41-31-34)38(47)43-28-26-35(45)42-29-30-51-33(2)44/h6-7,9-10,12-13,15-16,18-19,21-24,27,31,37H,5,8,11,14,17,20,25-26,28-30,32H2,1-4H3,(H,42,45)(H,43,47). The Kier molecular flexibility index (Phi) is 24.6. The van der Waals surface area contributed by atoms with Crippen LogP contribution in [0.2, 0.25) is 0 Å². The van der Waals surface area contributed by atoms with Gasteiger partial charge in [0, 0.05) is 50.0 Å². The lowest BCUT2D eigenvalue weighted by atomic mass is 9.86. The summed E-state index contributed by atoms with van der Waals surface area (Å²) in [5.74, 6) is -1.73. The minimum atomic E-state index is -1.33. The lowest BCUT2D eigenvalue weighted by Gasteiger charge is -2.32. The summed E-state index contributed by atoms with van der Waals surface area (Å²) in [4.78, 5) is 65.6. The summed E-state index contributed by atoms with van der Waals surface area (Å²) in [6, 6.07) is 3.08. The molecule has 0 aliphatic heterocycles. The van der Waals surface area contributed by atoms with Gasteiger partial charge in [0.25, 0.3) is 5.91 Å². The van der Waals surface area contributed by atoms with E-state index >= 15 is 0 Å². The number of rotatable bonds is 25. The van der Waals surface area contributed by atoms with E-state index in [9.17, 15) is 24.0 Å². The largest absolute Gasteiger partial charge is 0.465 e. The number of hydrogen-bond donors (Lipinski definition) is 2. The fourth-order valence-corrected chi connectivity index (χ4v) is 4.69. The van der Waals surface area contributed by atoms with Gasteiger partial charge in [0.15, 0.2) is 11.2 Å². The Labute approximate surface area is 308 Å². The summed E-state index contributed by atoms with van der Waals surface area (Å²) >= 11 is 1.11. The van der Waals surface area contributed by atoms with E-state index in [1.54, 1.807) is 26.0 Å². The van der Waals surface area contributed by atoms with Crippen molar-refractivity contribution in [3.8, 4) is 0 Å². The van der Waals surface area contributed by atoms with Gasteiger partial charge in [0.2, 0.25) is 5.91 Å². The molecule has 0 bridgehead atoms. The number of aromatic nitrogens is 1. The summed E-state index contributed by atoms with van der Waals surface area (Å²) in [5, 5.41) is 5.28. The average Bonchev–Trinajstić information content (AvgIpc) is 3.11. The third-order valence-corrected chi connectivity index (χ3v) is 7.75. The van der Waals surface area contributed by atoms with E-state index in [1.165, 1.54) is 25.4 Å². The molecule has 0 spiro atoms. The first kappa shape index (κ1) is 44.5. The molecule has 0 fully saturated rings. The Hall–Kier alpha value is -4.51. The second-order valence-electron chi connectivity index (χ2n) is 12.0. The molecule has 10 nitrogen and oxygen atoms in total. The molecule has 1 rings (SSSR count). The van der Waals surface area contributed by atoms with Gasteiger partial charge in [0.1, 0.15) is 6.61 Å². The summed E-state index contributed by atoms with van der Waals surface area (Å²) in [6.07, 6.45) is 31.9. The second-order valence-corrected chi connectivity index (χ2v) is 13.3. The van der Waals surface area contributed by atoms with E-state index in [-0.39, 0.29) is 42.6 Å². The first-order valence-electron chi connectivity index (χ1n) is 17.4. The van der Waals surface area contributed by atoms with E-state index in [4.69, 9.17) is 9.47 Å². The van der Waals surface area contributed by atoms with Crippen LogP contribution in [-0.4, -0.2) is 65.4 Å². The van der Waals surface area contributed by atoms with Gasteiger partial charge >= 0.3 is 11.9 Å². The Morgan fingerprint density at radius 2 is 1.39 bits per heavy atom. The third kappa shape index (κ3) is 23.5. The number of hydrogen-bond acceptors (Lipinski definition) is 9. The van der Waals surface area contributed by atoms with Crippen molar-refractivity contribution in [2.45, 2.75) is 85.2 Å². The van der Waals surface area contributed by atoms with Crippen LogP contribution in [0.4, 0.5) is 0 Å². The van der Waals surface area contributed by atoms with Crippen LogP contribution in [0.15, 0.2) is 97.4 Å². The SMILES string of the molecule is CCC=CCC=CCC=CCC=CCC=CCC=CCC(=O)OCC(C)(C)C(OC(=O)c1cccnc1)C(=O)NCCC(=O)NCCSC(C)=O. The Morgan fingerprint density at radius 3 is 1.92 bits per heavy atom. The van der Waals surface area contributed by atoms with Gasteiger partial charge in [0.05, 0.1) is 12.0 Å². The summed E-state index contributed by atoms with van der Waals surface area (Å²) in [7, 11) is 0. The second kappa shape index (κ2) is 28.2. The minimum Gasteiger partial charge on any atom is -0.465 e. The Balaban J connectivity index is 2.52. The van der Waals surface area contributed by atoms with E-state index in [0.717, 1.165) is 43.9 Å². The van der Waals surface area contributed by atoms with Crippen molar-refractivity contribution in [3.05, 3.63) is 103 Å². The zero-order valence-corrected chi connectivity index (χ0v) is 31.3. The van der Waals surface area contributed by atoms with E-state index in [2.05, 4.69) is 77.2 Å². The summed E-state index contributed by atoms with van der Waals surface area (Å²) in [6.45, 7) is 7.00. The monoisotopic (exact) mass is 721 g/mol. The van der Waals surface area contributed by atoms with E-state index in [1.807, 2.05) is 12.2 Å². The third-order valence-electron chi connectivity index (χ3n) is 6.94. The van der Waals surface area contributed by atoms with Crippen LogP contribution in [0.5, 0.6) is 0 Å². The molecule has 1 atom stereocenters. The number of carbonyl (C=O) groups is 5. The molecule has 1 aromatic heterocycles. The van der Waals surface area contributed by atoms with Gasteiger partial charge in [-0.25, -0.2) is 4.79 Å². The van der Waals surface area contributed by atoms with Crippen molar-refractivity contribution in [1.82, 2.24) is 15.6 Å². The first-order chi connectivity index (χ1) is 24.6. The van der Waals surface area contributed by atoms with Crippen LogP contribution in [0.25, 0.3) is 0 Å². The fraction of sp³-hybridized carbons (Fsp3) is 0.450. The van der Waals surface area contributed by atoms with Gasteiger partial charge in [-0.15, -0.1) is 0 Å². The molecule has 1 heterocycles. The normalized spacial score (nSPS) is 12.8. The summed E-state index contributed by atoms with van der Waals surface area (Å²) < 4.78 is 11.1. The molecule has 0 aliphatic carbocycles. The number of nitrogens with zero attached hydrogens (tertiary/aromatic N) is 1. The molecule has 1 aromatic rings. The van der Waals surface area contributed by atoms with Gasteiger partial charge in [-0.1, -0.05) is 105 Å². The molecule has 2 N–H and O–H groups in total. The lowest BCUT2D eigenvalue weighted by molar-refractivity contribution is -0.152. The van der Waals surface area contributed by atoms with Crippen LogP contribution in [0.3, 0.4) is 0 Å². The van der Waals surface area contributed by atoms with E-state index < -0.39 is 29.4 Å². The quantitative estimate of drug-likeness (QED) is 0.0611. The number of carbonyl (C=O) groups excluding carboxylic acids is 5. The lowest BCUT2D eigenvalue weighted by Crippen LogP contribution is -2.49. The predicted molar refractivity (Wildman–Crippen MR) is 205 cm³/mol. The Morgan fingerprint density at radius 1 is 0.824 bits per heavy atom. The van der Waals surface area contributed by atoms with Crippen LogP contribution >= 0.6 is 11.8 Å². The molecule has 1 unspecified atom stereocenters. The average molecular weight is 722 g/mol. The van der Waals surface area contributed by atoms with Gasteiger partial charge in [-0.3, -0.25) is 24.2 Å². The van der Waals surface area contributed by atoms with Crippen molar-refractivity contribution >= 4 is 40.6 Å². The predicted octanol–water partition coefficient (Wildman–Crippen LogP) is 7.17. The van der Waals surface area contributed by atoms with Crippen LogP contribution in [0, 0.1) is 5.41 Å². The molecule has 278 valence electrons. The molecular formula is C40H55N3O7S. The van der Waals surface area contributed by atoms with Crippen LogP contribution in [0.1, 0.15) is 89.4 Å². The first-order valence-corrected chi connectivity index (χ1v) is 18.4. The molecule has 2 amide bonds. The van der Waals surface area contributed by atoms with Crippen molar-refractivity contribution < 1.29 is 33.4 Å². The maximum atomic E-state index is 13.2. The minimum absolute atomic E-state index is 0.00991. The molecule has 0 radical (unpaired) electrons.